The zero-order valence-electron chi connectivity index (χ0n) is 16.4. The third-order valence-corrected chi connectivity index (χ3v) is 6.62. The van der Waals surface area contributed by atoms with Crippen LogP contribution in [0.25, 0.3) is 16.3 Å². The molecule has 0 bridgehead atoms. The summed E-state index contributed by atoms with van der Waals surface area (Å²) >= 11 is 3.29. The van der Waals surface area contributed by atoms with Crippen molar-refractivity contribution in [2.24, 2.45) is 5.41 Å². The first-order valence-electron chi connectivity index (χ1n) is 9.84. The van der Waals surface area contributed by atoms with E-state index in [-0.39, 0.29) is 23.1 Å². The van der Waals surface area contributed by atoms with Gasteiger partial charge in [-0.1, -0.05) is 50.2 Å². The number of halogens is 2. The Labute approximate surface area is 177 Å². The summed E-state index contributed by atoms with van der Waals surface area (Å²) in [4.78, 5) is 13.3. The Bertz CT molecular complexity index is 1210. The second kappa shape index (κ2) is 6.53. The van der Waals surface area contributed by atoms with Crippen molar-refractivity contribution in [2.75, 3.05) is 5.32 Å². The highest BCUT2D eigenvalue weighted by Crippen LogP contribution is 2.52. The molecular weight excluding hydrogens is 429 g/mol. The zero-order valence-corrected chi connectivity index (χ0v) is 17.9. The number of ketones is 1. The molecule has 3 aromatic carbocycles. The van der Waals surface area contributed by atoms with Gasteiger partial charge in [-0.25, -0.2) is 4.39 Å². The average Bonchev–Trinajstić information content (AvgIpc) is 2.68. The van der Waals surface area contributed by atoms with E-state index in [1.807, 2.05) is 12.1 Å². The first-order valence-corrected chi connectivity index (χ1v) is 10.6. The van der Waals surface area contributed by atoms with Crippen LogP contribution < -0.4 is 5.32 Å². The minimum Gasteiger partial charge on any atom is -0.373 e. The van der Waals surface area contributed by atoms with Gasteiger partial charge in [-0.05, 0) is 67.9 Å². The lowest BCUT2D eigenvalue weighted by Gasteiger charge is -2.40. The summed E-state index contributed by atoms with van der Waals surface area (Å²) in [5.41, 5.74) is 4.91. The molecule has 0 spiro atoms. The third-order valence-electron chi connectivity index (χ3n) is 6.02. The van der Waals surface area contributed by atoms with Crippen LogP contribution in [0.4, 0.5) is 10.1 Å². The summed E-state index contributed by atoms with van der Waals surface area (Å²) < 4.78 is 14.3. The maximum atomic E-state index is 13.8. The number of nitrogens with one attached hydrogen (secondary N) is 1. The van der Waals surface area contributed by atoms with Gasteiger partial charge in [0.2, 0.25) is 0 Å². The molecule has 4 heteroatoms. The standard InChI is InChI=1S/C25H21BrFNO/c1-25(2)12-17-22-16-6-4-3-5-14(16)8-10-20(22)28-24(23(17)21(29)13-25)15-7-9-19(27)18(26)11-15/h3-11,24,28H,12-13H2,1-2H3/t24-/m0/s1. The van der Waals surface area contributed by atoms with Gasteiger partial charge in [0.15, 0.2) is 5.78 Å². The van der Waals surface area contributed by atoms with Crippen molar-refractivity contribution in [1.29, 1.82) is 0 Å². The number of carbonyl (C=O) groups excluding carboxylic acids is 1. The Kier molecular flexibility index (Phi) is 4.18. The number of anilines is 1. The average molecular weight is 450 g/mol. The van der Waals surface area contributed by atoms with Gasteiger partial charge in [-0.2, -0.15) is 0 Å². The van der Waals surface area contributed by atoms with E-state index in [2.05, 4.69) is 59.4 Å². The minimum absolute atomic E-state index is 0.0879. The highest BCUT2D eigenvalue weighted by atomic mass is 79.9. The number of benzene rings is 3. The zero-order chi connectivity index (χ0) is 20.3. The van der Waals surface area contributed by atoms with Crippen molar-refractivity contribution in [3.63, 3.8) is 0 Å². The molecule has 0 radical (unpaired) electrons. The van der Waals surface area contributed by atoms with Gasteiger partial charge in [0, 0.05) is 23.2 Å². The number of rotatable bonds is 1. The topological polar surface area (TPSA) is 29.1 Å². The fourth-order valence-electron chi connectivity index (χ4n) is 4.78. The lowest BCUT2D eigenvalue weighted by Crippen LogP contribution is -2.33. The molecule has 0 saturated carbocycles. The summed E-state index contributed by atoms with van der Waals surface area (Å²) in [6, 6.07) is 17.2. The lowest BCUT2D eigenvalue weighted by molar-refractivity contribution is -0.118. The highest BCUT2D eigenvalue weighted by Gasteiger charge is 2.40. The van der Waals surface area contributed by atoms with E-state index in [1.165, 1.54) is 11.5 Å². The molecule has 5 rings (SSSR count). The molecule has 1 heterocycles. The maximum Gasteiger partial charge on any atom is 0.162 e. The van der Waals surface area contributed by atoms with E-state index in [9.17, 15) is 9.18 Å². The van der Waals surface area contributed by atoms with Gasteiger partial charge in [-0.15, -0.1) is 0 Å². The van der Waals surface area contributed by atoms with Crippen LogP contribution in [-0.4, -0.2) is 5.78 Å². The predicted molar refractivity (Wildman–Crippen MR) is 119 cm³/mol. The molecule has 1 aliphatic carbocycles. The van der Waals surface area contributed by atoms with E-state index in [0.29, 0.717) is 10.9 Å². The third kappa shape index (κ3) is 3.01. The molecule has 1 atom stereocenters. The molecule has 1 N–H and O–H groups in total. The van der Waals surface area contributed by atoms with Crippen molar-refractivity contribution in [3.8, 4) is 0 Å². The molecule has 2 aliphatic rings. The van der Waals surface area contributed by atoms with Gasteiger partial charge in [0.05, 0.1) is 10.5 Å². The van der Waals surface area contributed by atoms with Crippen LogP contribution in [0.1, 0.15) is 43.9 Å². The van der Waals surface area contributed by atoms with E-state index >= 15 is 0 Å². The van der Waals surface area contributed by atoms with Gasteiger partial charge >= 0.3 is 0 Å². The minimum atomic E-state index is -0.304. The number of allylic oxidation sites excluding steroid dienone is 1. The Morgan fingerprint density at radius 2 is 1.86 bits per heavy atom. The summed E-state index contributed by atoms with van der Waals surface area (Å²) in [6.45, 7) is 4.32. The Morgan fingerprint density at radius 1 is 1.07 bits per heavy atom. The molecule has 29 heavy (non-hydrogen) atoms. The number of Topliss-reactive ketones (excluding diaryl/α,β-unsaturated/α-hetero) is 1. The van der Waals surface area contributed by atoms with Crippen molar-refractivity contribution < 1.29 is 9.18 Å². The summed E-state index contributed by atoms with van der Waals surface area (Å²) in [7, 11) is 0. The van der Waals surface area contributed by atoms with Gasteiger partial charge in [0.25, 0.3) is 0 Å². The summed E-state index contributed by atoms with van der Waals surface area (Å²) in [6.07, 6.45) is 1.36. The molecule has 0 aromatic heterocycles. The molecule has 1 aliphatic heterocycles. The molecule has 2 nitrogen and oxygen atoms in total. The Hall–Kier alpha value is -2.46. The van der Waals surface area contributed by atoms with Crippen LogP contribution in [-0.2, 0) is 4.79 Å². The summed E-state index contributed by atoms with van der Waals surface area (Å²) in [5, 5.41) is 5.91. The number of hydrogen-bond acceptors (Lipinski definition) is 2. The van der Waals surface area contributed by atoms with Crippen LogP contribution in [0.3, 0.4) is 0 Å². The fourth-order valence-corrected chi connectivity index (χ4v) is 5.18. The molecule has 3 aromatic rings. The van der Waals surface area contributed by atoms with E-state index in [1.54, 1.807) is 12.1 Å². The maximum absolute atomic E-state index is 13.8. The normalized spacial score (nSPS) is 20.3. The van der Waals surface area contributed by atoms with Crippen molar-refractivity contribution >= 4 is 43.7 Å². The first-order chi connectivity index (χ1) is 13.8. The quantitative estimate of drug-likeness (QED) is 0.431. The molecule has 0 amide bonds. The van der Waals surface area contributed by atoms with Crippen LogP contribution >= 0.6 is 15.9 Å². The van der Waals surface area contributed by atoms with Crippen molar-refractivity contribution in [3.05, 3.63) is 81.6 Å². The van der Waals surface area contributed by atoms with E-state index in [4.69, 9.17) is 0 Å². The largest absolute Gasteiger partial charge is 0.373 e. The van der Waals surface area contributed by atoms with E-state index < -0.39 is 0 Å². The fraction of sp³-hybridized carbons (Fsp3) is 0.240. The Morgan fingerprint density at radius 3 is 2.66 bits per heavy atom. The van der Waals surface area contributed by atoms with Crippen LogP contribution in [0.5, 0.6) is 0 Å². The smallest absolute Gasteiger partial charge is 0.162 e. The van der Waals surface area contributed by atoms with Crippen LogP contribution in [0, 0.1) is 11.2 Å². The lowest BCUT2D eigenvalue weighted by atomic mass is 9.68. The Balaban J connectivity index is 1.80. The monoisotopic (exact) mass is 449 g/mol. The van der Waals surface area contributed by atoms with Gasteiger partial charge in [0.1, 0.15) is 5.82 Å². The molecule has 0 fully saturated rings. The van der Waals surface area contributed by atoms with Gasteiger partial charge < -0.3 is 5.32 Å². The van der Waals surface area contributed by atoms with Crippen LogP contribution in [0.15, 0.2) is 64.6 Å². The second-order valence-corrected chi connectivity index (χ2v) is 9.65. The highest BCUT2D eigenvalue weighted by molar-refractivity contribution is 9.10. The SMILES string of the molecule is CC1(C)CC(=O)C2=C(C1)c1c(ccc3ccccc13)N[C@H]2c1ccc(F)c(Br)c1. The van der Waals surface area contributed by atoms with E-state index in [0.717, 1.165) is 39.8 Å². The molecular formula is C25H21BrFNO. The number of fused-ring (bicyclic) bond motifs is 4. The summed E-state index contributed by atoms with van der Waals surface area (Å²) in [5.74, 6) is -0.131. The van der Waals surface area contributed by atoms with Crippen molar-refractivity contribution in [2.45, 2.75) is 32.7 Å². The van der Waals surface area contributed by atoms with Crippen LogP contribution in [0.2, 0.25) is 0 Å². The predicted octanol–water partition coefficient (Wildman–Crippen LogP) is 7.05. The molecule has 0 saturated heterocycles. The van der Waals surface area contributed by atoms with Gasteiger partial charge in [-0.3, -0.25) is 4.79 Å². The second-order valence-electron chi connectivity index (χ2n) is 8.79. The number of carbonyl (C=O) groups is 1. The van der Waals surface area contributed by atoms with Crippen molar-refractivity contribution in [1.82, 2.24) is 0 Å². The number of hydrogen-bond donors (Lipinski definition) is 1. The molecule has 0 unspecified atom stereocenters. The molecule has 146 valence electrons. The first kappa shape index (κ1) is 18.6.